The van der Waals surface area contributed by atoms with E-state index in [9.17, 15) is 8.78 Å². The smallest absolute Gasteiger partial charge is 0.387 e. The van der Waals surface area contributed by atoms with Crippen LogP contribution in [0.3, 0.4) is 0 Å². The largest absolute Gasteiger partial charge is 0.434 e. The van der Waals surface area contributed by atoms with Crippen molar-refractivity contribution in [2.45, 2.75) is 46.3 Å². The molecule has 0 heterocycles. The first-order valence-corrected chi connectivity index (χ1v) is 8.63. The second-order valence-corrected chi connectivity index (χ2v) is 5.66. The van der Waals surface area contributed by atoms with E-state index >= 15 is 0 Å². The number of aliphatic imine (C=N–C) groups is 1. The van der Waals surface area contributed by atoms with Gasteiger partial charge in [-0.2, -0.15) is 8.78 Å². The number of hydrogen-bond donors (Lipinski definition) is 2. The molecule has 0 spiro atoms. The normalized spacial score (nSPS) is 11.2. The minimum absolute atomic E-state index is 0. The van der Waals surface area contributed by atoms with Crippen LogP contribution in [0.5, 0.6) is 5.75 Å². The van der Waals surface area contributed by atoms with Gasteiger partial charge in [0.05, 0.1) is 0 Å². The molecule has 0 bridgehead atoms. The van der Waals surface area contributed by atoms with Crippen molar-refractivity contribution in [2.75, 3.05) is 26.8 Å². The van der Waals surface area contributed by atoms with Gasteiger partial charge >= 0.3 is 6.61 Å². The van der Waals surface area contributed by atoms with Crippen molar-refractivity contribution in [1.82, 2.24) is 10.6 Å². The maximum Gasteiger partial charge on any atom is 0.387 e. The number of nitrogens with zero attached hydrogens (tertiary/aromatic N) is 1. The monoisotopic (exact) mass is 485 g/mol. The van der Waals surface area contributed by atoms with E-state index in [0.717, 1.165) is 38.0 Å². The van der Waals surface area contributed by atoms with Gasteiger partial charge < -0.3 is 20.1 Å². The third-order valence-corrected chi connectivity index (χ3v) is 3.50. The van der Waals surface area contributed by atoms with Crippen LogP contribution in [0, 0.1) is 6.92 Å². The van der Waals surface area contributed by atoms with Crippen LogP contribution in [-0.2, 0) is 11.3 Å². The van der Waals surface area contributed by atoms with Gasteiger partial charge in [-0.3, -0.25) is 4.99 Å². The Morgan fingerprint density at radius 1 is 1.19 bits per heavy atom. The molecule has 0 unspecified atom stereocenters. The molecule has 8 heteroatoms. The van der Waals surface area contributed by atoms with Crippen LogP contribution < -0.4 is 15.4 Å². The Hall–Kier alpha value is -1.16. The second kappa shape index (κ2) is 15.0. The van der Waals surface area contributed by atoms with E-state index in [0.29, 0.717) is 24.7 Å². The summed E-state index contributed by atoms with van der Waals surface area (Å²) in [5.74, 6) is 0.783. The number of alkyl halides is 2. The predicted molar refractivity (Wildman–Crippen MR) is 112 cm³/mol. The minimum atomic E-state index is -2.84. The Balaban J connectivity index is 0.00000625. The third kappa shape index (κ3) is 10.7. The van der Waals surface area contributed by atoms with Crippen molar-refractivity contribution >= 4 is 29.9 Å². The van der Waals surface area contributed by atoms with E-state index in [1.807, 2.05) is 13.0 Å². The van der Waals surface area contributed by atoms with Gasteiger partial charge in [0.2, 0.25) is 0 Å². The molecular weight excluding hydrogens is 455 g/mol. The lowest BCUT2D eigenvalue weighted by Crippen LogP contribution is -2.37. The number of ether oxygens (including phenoxy) is 2. The van der Waals surface area contributed by atoms with E-state index in [1.54, 1.807) is 19.2 Å². The van der Waals surface area contributed by atoms with Gasteiger partial charge in [0, 0.05) is 38.9 Å². The molecule has 0 aromatic heterocycles. The van der Waals surface area contributed by atoms with Gasteiger partial charge in [0.25, 0.3) is 0 Å². The van der Waals surface area contributed by atoms with Crippen LogP contribution in [0.2, 0.25) is 0 Å². The van der Waals surface area contributed by atoms with Crippen LogP contribution in [-0.4, -0.2) is 39.4 Å². The molecule has 5 nitrogen and oxygen atoms in total. The van der Waals surface area contributed by atoms with E-state index in [1.165, 1.54) is 0 Å². The van der Waals surface area contributed by atoms with Crippen molar-refractivity contribution in [3.05, 3.63) is 29.3 Å². The quantitative estimate of drug-likeness (QED) is 0.215. The number of rotatable bonds is 11. The van der Waals surface area contributed by atoms with Gasteiger partial charge in [0.1, 0.15) is 5.75 Å². The molecule has 1 aromatic rings. The molecule has 0 radical (unpaired) electrons. The fraction of sp³-hybridized carbons (Fsp3) is 0.611. The molecular formula is C18H30F2IN3O2. The van der Waals surface area contributed by atoms with E-state index in [-0.39, 0.29) is 29.7 Å². The van der Waals surface area contributed by atoms with Crippen LogP contribution in [0.4, 0.5) is 8.78 Å². The Bertz CT molecular complexity index is 531. The SMILES string of the molecule is CCCCOCCCNC(=NC)NCc1cc(C)ccc1OC(F)F.I. The number of halogens is 3. The summed E-state index contributed by atoms with van der Waals surface area (Å²) in [4.78, 5) is 4.13. The van der Waals surface area contributed by atoms with Crippen LogP contribution in [0.1, 0.15) is 37.3 Å². The molecule has 150 valence electrons. The summed E-state index contributed by atoms with van der Waals surface area (Å²) in [5, 5.41) is 6.29. The zero-order chi connectivity index (χ0) is 18.5. The first-order valence-electron chi connectivity index (χ1n) is 8.63. The maximum absolute atomic E-state index is 12.5. The zero-order valence-electron chi connectivity index (χ0n) is 15.7. The molecule has 0 saturated heterocycles. The van der Waals surface area contributed by atoms with Crippen molar-refractivity contribution in [3.63, 3.8) is 0 Å². The number of aryl methyl sites for hydroxylation is 1. The molecule has 26 heavy (non-hydrogen) atoms. The standard InChI is InChI=1S/C18H29F2N3O2.HI/c1-4-5-10-24-11-6-9-22-18(21-3)23-13-15-12-14(2)7-8-16(15)25-17(19)20;/h7-8,12,17H,4-6,9-11,13H2,1-3H3,(H2,21,22,23);1H. The predicted octanol–water partition coefficient (Wildman–Crippen LogP) is 4.09. The average molecular weight is 485 g/mol. The first-order chi connectivity index (χ1) is 12.1. The number of hydrogen-bond acceptors (Lipinski definition) is 3. The zero-order valence-corrected chi connectivity index (χ0v) is 18.0. The van der Waals surface area contributed by atoms with Crippen molar-refractivity contribution in [1.29, 1.82) is 0 Å². The molecule has 0 saturated carbocycles. The molecule has 0 fully saturated rings. The summed E-state index contributed by atoms with van der Waals surface area (Å²) in [5.41, 5.74) is 1.64. The van der Waals surface area contributed by atoms with E-state index in [4.69, 9.17) is 4.74 Å². The van der Waals surface area contributed by atoms with Gasteiger partial charge in [0.15, 0.2) is 5.96 Å². The summed E-state index contributed by atoms with van der Waals surface area (Å²) < 4.78 is 35.0. The van der Waals surface area contributed by atoms with E-state index in [2.05, 4.69) is 27.3 Å². The lowest BCUT2D eigenvalue weighted by atomic mass is 10.1. The van der Waals surface area contributed by atoms with Crippen LogP contribution in [0.15, 0.2) is 23.2 Å². The Kier molecular flexibility index (Phi) is 14.3. The van der Waals surface area contributed by atoms with Gasteiger partial charge in [-0.1, -0.05) is 31.0 Å². The van der Waals surface area contributed by atoms with Crippen LogP contribution in [0.25, 0.3) is 0 Å². The van der Waals surface area contributed by atoms with Gasteiger partial charge in [-0.25, -0.2) is 0 Å². The lowest BCUT2D eigenvalue weighted by Gasteiger charge is -2.15. The number of benzene rings is 1. The fourth-order valence-electron chi connectivity index (χ4n) is 2.19. The van der Waals surface area contributed by atoms with Crippen molar-refractivity contribution in [3.8, 4) is 5.75 Å². The lowest BCUT2D eigenvalue weighted by molar-refractivity contribution is -0.0504. The number of nitrogens with one attached hydrogen (secondary N) is 2. The molecule has 2 N–H and O–H groups in total. The molecule has 1 rings (SSSR count). The highest BCUT2D eigenvalue weighted by Gasteiger charge is 2.10. The van der Waals surface area contributed by atoms with Gasteiger partial charge in [-0.05, 0) is 25.8 Å². The second-order valence-electron chi connectivity index (χ2n) is 5.66. The summed E-state index contributed by atoms with van der Waals surface area (Å²) in [6.07, 6.45) is 3.08. The Labute approximate surface area is 172 Å². The highest BCUT2D eigenvalue weighted by molar-refractivity contribution is 14.0. The Morgan fingerprint density at radius 2 is 1.92 bits per heavy atom. The molecule has 0 amide bonds. The summed E-state index contributed by atoms with van der Waals surface area (Å²) >= 11 is 0. The minimum Gasteiger partial charge on any atom is -0.434 e. The highest BCUT2D eigenvalue weighted by Crippen LogP contribution is 2.21. The maximum atomic E-state index is 12.5. The van der Waals surface area contributed by atoms with Crippen molar-refractivity contribution < 1.29 is 18.3 Å². The van der Waals surface area contributed by atoms with E-state index < -0.39 is 6.61 Å². The Morgan fingerprint density at radius 3 is 2.58 bits per heavy atom. The summed E-state index contributed by atoms with van der Waals surface area (Å²) in [6.45, 7) is 3.76. The third-order valence-electron chi connectivity index (χ3n) is 3.50. The average Bonchev–Trinajstić information content (AvgIpc) is 2.58. The number of unbranched alkanes of at least 4 members (excludes halogenated alkanes) is 1. The van der Waals surface area contributed by atoms with Crippen molar-refractivity contribution in [2.24, 2.45) is 4.99 Å². The fourth-order valence-corrected chi connectivity index (χ4v) is 2.19. The van der Waals surface area contributed by atoms with Gasteiger partial charge in [-0.15, -0.1) is 24.0 Å². The first kappa shape index (κ1) is 24.8. The van der Waals surface area contributed by atoms with Crippen LogP contribution >= 0.6 is 24.0 Å². The highest BCUT2D eigenvalue weighted by atomic mass is 127. The number of guanidine groups is 1. The molecule has 0 atom stereocenters. The molecule has 0 aliphatic carbocycles. The summed E-state index contributed by atoms with van der Waals surface area (Å²) in [7, 11) is 1.67. The molecule has 1 aromatic carbocycles. The summed E-state index contributed by atoms with van der Waals surface area (Å²) in [6, 6.07) is 5.12. The molecule has 0 aliphatic rings. The topological polar surface area (TPSA) is 54.9 Å². The molecule has 0 aliphatic heterocycles.